The van der Waals surface area contributed by atoms with Gasteiger partial charge in [-0.15, -0.1) is 0 Å². The van der Waals surface area contributed by atoms with Gasteiger partial charge < -0.3 is 4.79 Å². The summed E-state index contributed by atoms with van der Waals surface area (Å²) in [6, 6.07) is 12.4. The summed E-state index contributed by atoms with van der Waals surface area (Å²) in [6.07, 6.45) is 1.02. The summed E-state index contributed by atoms with van der Waals surface area (Å²) in [5, 5.41) is 2.41. The van der Waals surface area contributed by atoms with Crippen molar-refractivity contribution in [2.75, 3.05) is 0 Å². The van der Waals surface area contributed by atoms with Crippen molar-refractivity contribution in [1.82, 2.24) is 0 Å². The lowest BCUT2D eigenvalue weighted by atomic mass is 9.82. The molecule has 0 saturated heterocycles. The van der Waals surface area contributed by atoms with Gasteiger partial charge in [0.25, 0.3) is 0 Å². The molecule has 0 aliphatic rings. The van der Waals surface area contributed by atoms with Crippen LogP contribution in [0.4, 0.5) is 0 Å². The number of rotatable bonds is 2. The van der Waals surface area contributed by atoms with Gasteiger partial charge in [0.2, 0.25) is 0 Å². The molecule has 0 spiro atoms. The first kappa shape index (κ1) is 10.9. The number of fused-ring (bicyclic) bond motifs is 1. The number of hydrogen-bond donors (Lipinski definition) is 0. The van der Waals surface area contributed by atoms with Crippen molar-refractivity contribution < 1.29 is 4.79 Å². The van der Waals surface area contributed by atoms with Crippen LogP contribution in [0.2, 0.25) is 0 Å². The molecule has 2 rings (SSSR count). The molecular formula is C15H16O. The third-order valence-electron chi connectivity index (χ3n) is 3.13. The first-order chi connectivity index (χ1) is 7.56. The van der Waals surface area contributed by atoms with Crippen LogP contribution in [0.1, 0.15) is 25.0 Å². The minimum Gasteiger partial charge on any atom is -0.302 e. The van der Waals surface area contributed by atoms with Crippen LogP contribution in [0.5, 0.6) is 0 Å². The highest BCUT2D eigenvalue weighted by molar-refractivity contribution is 5.92. The summed E-state index contributed by atoms with van der Waals surface area (Å²) in [5.74, 6) is 0. The summed E-state index contributed by atoms with van der Waals surface area (Å²) < 4.78 is 0. The van der Waals surface area contributed by atoms with Gasteiger partial charge in [0, 0.05) is 5.41 Å². The molecule has 1 nitrogen and oxygen atoms in total. The lowest BCUT2D eigenvalue weighted by Crippen LogP contribution is -2.19. The summed E-state index contributed by atoms with van der Waals surface area (Å²) in [5.41, 5.74) is 1.93. The van der Waals surface area contributed by atoms with Crippen molar-refractivity contribution in [2.45, 2.75) is 26.2 Å². The zero-order chi connectivity index (χ0) is 11.8. The Morgan fingerprint density at radius 3 is 2.25 bits per heavy atom. The highest BCUT2D eigenvalue weighted by Crippen LogP contribution is 2.30. The molecule has 0 radical (unpaired) electrons. The monoisotopic (exact) mass is 212 g/mol. The second-order valence-electron chi connectivity index (χ2n) is 4.82. The third-order valence-corrected chi connectivity index (χ3v) is 3.13. The largest absolute Gasteiger partial charge is 0.302 e. The maximum absolute atomic E-state index is 11.2. The number of hydrogen-bond acceptors (Lipinski definition) is 1. The van der Waals surface area contributed by atoms with Crippen LogP contribution in [0, 0.1) is 6.92 Å². The molecule has 0 atom stereocenters. The fourth-order valence-electron chi connectivity index (χ4n) is 2.08. The van der Waals surface area contributed by atoms with Gasteiger partial charge in [-0.3, -0.25) is 0 Å². The Bertz CT molecular complexity index is 538. The zero-order valence-corrected chi connectivity index (χ0v) is 9.95. The van der Waals surface area contributed by atoms with E-state index in [1.54, 1.807) is 0 Å². The molecular weight excluding hydrogens is 196 g/mol. The van der Waals surface area contributed by atoms with Gasteiger partial charge in [-0.05, 0) is 42.7 Å². The molecule has 82 valence electrons. The molecule has 0 saturated carbocycles. The van der Waals surface area contributed by atoms with E-state index < -0.39 is 5.41 Å². The van der Waals surface area contributed by atoms with Crippen LogP contribution in [-0.4, -0.2) is 6.29 Å². The van der Waals surface area contributed by atoms with Gasteiger partial charge in [-0.1, -0.05) is 36.4 Å². The topological polar surface area (TPSA) is 17.1 Å². The third kappa shape index (κ3) is 1.63. The molecule has 0 aliphatic heterocycles. The summed E-state index contributed by atoms with van der Waals surface area (Å²) in [4.78, 5) is 11.2. The molecule has 0 fully saturated rings. The molecule has 2 aromatic rings. The van der Waals surface area contributed by atoms with Crippen LogP contribution in [0.25, 0.3) is 10.8 Å². The van der Waals surface area contributed by atoms with E-state index in [4.69, 9.17) is 0 Å². The average Bonchev–Trinajstić information content (AvgIpc) is 2.29. The fraction of sp³-hybridized carbons (Fsp3) is 0.267. The van der Waals surface area contributed by atoms with Gasteiger partial charge >= 0.3 is 0 Å². The number of aryl methyl sites for hydroxylation is 1. The molecule has 1 heteroatoms. The van der Waals surface area contributed by atoms with Crippen LogP contribution in [-0.2, 0) is 10.2 Å². The summed E-state index contributed by atoms with van der Waals surface area (Å²) >= 11 is 0. The molecule has 16 heavy (non-hydrogen) atoms. The van der Waals surface area contributed by atoms with Gasteiger partial charge in [0.1, 0.15) is 6.29 Å². The Morgan fingerprint density at radius 1 is 1.00 bits per heavy atom. The first-order valence-corrected chi connectivity index (χ1v) is 5.51. The van der Waals surface area contributed by atoms with Gasteiger partial charge in [0.05, 0.1) is 0 Å². The minimum atomic E-state index is -0.423. The molecule has 0 bridgehead atoms. The highest BCUT2D eigenvalue weighted by Gasteiger charge is 2.21. The molecule has 0 amide bonds. The first-order valence-electron chi connectivity index (χ1n) is 5.51. The lowest BCUT2D eigenvalue weighted by Gasteiger charge is -2.20. The van der Waals surface area contributed by atoms with Crippen molar-refractivity contribution in [1.29, 1.82) is 0 Å². The van der Waals surface area contributed by atoms with E-state index in [0.29, 0.717) is 0 Å². The van der Waals surface area contributed by atoms with Crippen LogP contribution >= 0.6 is 0 Å². The van der Waals surface area contributed by atoms with Crippen molar-refractivity contribution in [3.63, 3.8) is 0 Å². The summed E-state index contributed by atoms with van der Waals surface area (Å²) in [6.45, 7) is 6.01. The summed E-state index contributed by atoms with van der Waals surface area (Å²) in [7, 11) is 0. The van der Waals surface area contributed by atoms with Crippen molar-refractivity contribution in [3.8, 4) is 0 Å². The Balaban J connectivity index is 2.82. The predicted octanol–water partition coefficient (Wildman–Crippen LogP) is 3.62. The van der Waals surface area contributed by atoms with Crippen LogP contribution < -0.4 is 0 Å². The van der Waals surface area contributed by atoms with E-state index in [1.807, 2.05) is 26.0 Å². The van der Waals surface area contributed by atoms with Crippen molar-refractivity contribution >= 4 is 17.1 Å². The normalized spacial score (nSPS) is 11.7. The predicted molar refractivity (Wildman–Crippen MR) is 67.8 cm³/mol. The van der Waals surface area contributed by atoms with Crippen LogP contribution in [0.15, 0.2) is 36.4 Å². The minimum absolute atomic E-state index is 0.423. The van der Waals surface area contributed by atoms with Crippen molar-refractivity contribution in [3.05, 3.63) is 47.5 Å². The van der Waals surface area contributed by atoms with E-state index in [-0.39, 0.29) is 0 Å². The Morgan fingerprint density at radius 2 is 1.62 bits per heavy atom. The second-order valence-corrected chi connectivity index (χ2v) is 4.82. The average molecular weight is 212 g/mol. The number of aldehydes is 1. The van der Waals surface area contributed by atoms with Gasteiger partial charge in [-0.25, -0.2) is 0 Å². The maximum Gasteiger partial charge on any atom is 0.129 e. The quantitative estimate of drug-likeness (QED) is 0.695. The number of carbonyl (C=O) groups is 1. The second kappa shape index (κ2) is 3.75. The van der Waals surface area contributed by atoms with E-state index in [0.717, 1.165) is 11.8 Å². The molecule has 2 aromatic carbocycles. The standard InChI is InChI=1S/C15H16O/c1-11-8-9-14(15(2,3)10-16)13-7-5-4-6-12(11)13/h4-10H,1-3H3. The molecule has 0 heterocycles. The van der Waals surface area contributed by atoms with Crippen LogP contribution in [0.3, 0.4) is 0 Å². The van der Waals surface area contributed by atoms with E-state index >= 15 is 0 Å². The Hall–Kier alpha value is -1.63. The molecule has 0 N–H and O–H groups in total. The highest BCUT2D eigenvalue weighted by atomic mass is 16.1. The van der Waals surface area contributed by atoms with Gasteiger partial charge in [0.15, 0.2) is 0 Å². The maximum atomic E-state index is 11.2. The van der Waals surface area contributed by atoms with E-state index in [9.17, 15) is 4.79 Å². The molecule has 0 aromatic heterocycles. The fourth-order valence-corrected chi connectivity index (χ4v) is 2.08. The zero-order valence-electron chi connectivity index (χ0n) is 9.95. The van der Waals surface area contributed by atoms with Crippen molar-refractivity contribution in [2.24, 2.45) is 0 Å². The molecule has 0 aliphatic carbocycles. The Kier molecular flexibility index (Phi) is 2.55. The lowest BCUT2D eigenvalue weighted by molar-refractivity contribution is -0.111. The van der Waals surface area contributed by atoms with E-state index in [1.165, 1.54) is 16.3 Å². The van der Waals surface area contributed by atoms with Gasteiger partial charge in [-0.2, -0.15) is 0 Å². The number of carbonyl (C=O) groups excluding carboxylic acids is 1. The Labute approximate surface area is 96.1 Å². The van der Waals surface area contributed by atoms with E-state index in [2.05, 4.69) is 31.2 Å². The SMILES string of the molecule is Cc1ccc(C(C)(C)C=O)c2ccccc12. The molecule has 0 unspecified atom stereocenters. The number of benzene rings is 2. The smallest absolute Gasteiger partial charge is 0.129 e.